The van der Waals surface area contributed by atoms with Crippen molar-refractivity contribution in [3.63, 3.8) is 0 Å². The Morgan fingerprint density at radius 2 is 2.21 bits per heavy atom. The second-order valence-corrected chi connectivity index (χ2v) is 5.43. The van der Waals surface area contributed by atoms with Gasteiger partial charge in [0.05, 0.1) is 11.8 Å². The Kier molecular flexibility index (Phi) is 3.12. The molecule has 102 valence electrons. The molecule has 2 aliphatic carbocycles. The fraction of sp³-hybridized carbons (Fsp3) is 0.571. The van der Waals surface area contributed by atoms with Gasteiger partial charge in [0, 0.05) is 19.6 Å². The summed E-state index contributed by atoms with van der Waals surface area (Å²) in [6.45, 7) is 0.809. The van der Waals surface area contributed by atoms with Crippen LogP contribution in [0.4, 0.5) is 10.2 Å². The van der Waals surface area contributed by atoms with Crippen LogP contribution in [0, 0.1) is 11.7 Å². The van der Waals surface area contributed by atoms with Crippen molar-refractivity contribution in [2.45, 2.75) is 31.7 Å². The maximum atomic E-state index is 13.3. The van der Waals surface area contributed by atoms with Crippen molar-refractivity contribution >= 4 is 11.7 Å². The van der Waals surface area contributed by atoms with Gasteiger partial charge in [0.25, 0.3) is 5.91 Å². The molecule has 4 nitrogen and oxygen atoms in total. The molecule has 0 unspecified atom stereocenters. The predicted molar refractivity (Wildman–Crippen MR) is 70.5 cm³/mol. The van der Waals surface area contributed by atoms with Crippen molar-refractivity contribution in [1.82, 2.24) is 9.88 Å². The summed E-state index contributed by atoms with van der Waals surface area (Å²) in [4.78, 5) is 18.5. The number of aromatic nitrogens is 1. The summed E-state index contributed by atoms with van der Waals surface area (Å²) in [6, 6.07) is 1.63. The van der Waals surface area contributed by atoms with Gasteiger partial charge in [-0.1, -0.05) is 0 Å². The normalized spacial score (nSPS) is 18.2. The summed E-state index contributed by atoms with van der Waals surface area (Å²) in [7, 11) is 1.69. The summed E-state index contributed by atoms with van der Waals surface area (Å²) >= 11 is 0. The summed E-state index contributed by atoms with van der Waals surface area (Å²) < 4.78 is 13.3. The van der Waals surface area contributed by atoms with Crippen LogP contribution < -0.4 is 5.32 Å². The van der Waals surface area contributed by atoms with E-state index in [1.54, 1.807) is 7.05 Å². The van der Waals surface area contributed by atoms with E-state index in [9.17, 15) is 9.18 Å². The molecule has 0 radical (unpaired) electrons. The zero-order chi connectivity index (χ0) is 13.4. The van der Waals surface area contributed by atoms with Gasteiger partial charge in [0.1, 0.15) is 11.6 Å². The van der Waals surface area contributed by atoms with E-state index in [4.69, 9.17) is 0 Å². The van der Waals surface area contributed by atoms with E-state index in [0.717, 1.165) is 25.6 Å². The third kappa shape index (κ3) is 2.69. The van der Waals surface area contributed by atoms with Gasteiger partial charge in [0.2, 0.25) is 0 Å². The number of anilines is 1. The Balaban J connectivity index is 1.85. The van der Waals surface area contributed by atoms with Crippen LogP contribution in [-0.2, 0) is 0 Å². The lowest BCUT2D eigenvalue weighted by atomic mass is 10.2. The quantitative estimate of drug-likeness (QED) is 0.886. The molecule has 0 saturated heterocycles. The van der Waals surface area contributed by atoms with Crippen LogP contribution in [-0.4, -0.2) is 35.4 Å². The largest absolute Gasteiger partial charge is 0.372 e. The number of amides is 1. The Hall–Kier alpha value is -1.65. The summed E-state index contributed by atoms with van der Waals surface area (Å²) in [5, 5.41) is 2.86. The average molecular weight is 263 g/mol. The molecule has 19 heavy (non-hydrogen) atoms. The van der Waals surface area contributed by atoms with Crippen molar-refractivity contribution in [1.29, 1.82) is 0 Å². The summed E-state index contributed by atoms with van der Waals surface area (Å²) in [5.41, 5.74) is 0.343. The molecular weight excluding hydrogens is 245 g/mol. The van der Waals surface area contributed by atoms with Crippen LogP contribution in [0.25, 0.3) is 0 Å². The molecule has 3 rings (SSSR count). The number of hydrogen-bond donors (Lipinski definition) is 1. The van der Waals surface area contributed by atoms with E-state index in [-0.39, 0.29) is 5.91 Å². The molecule has 2 aliphatic rings. The first-order valence-corrected chi connectivity index (χ1v) is 6.83. The lowest BCUT2D eigenvalue weighted by Crippen LogP contribution is -2.35. The Morgan fingerprint density at radius 3 is 2.79 bits per heavy atom. The average Bonchev–Trinajstić information content (AvgIpc) is 3.27. The topological polar surface area (TPSA) is 45.2 Å². The van der Waals surface area contributed by atoms with Crippen LogP contribution in [0.1, 0.15) is 36.0 Å². The van der Waals surface area contributed by atoms with Crippen LogP contribution >= 0.6 is 0 Å². The highest BCUT2D eigenvalue weighted by molar-refractivity contribution is 5.99. The smallest absolute Gasteiger partial charge is 0.257 e. The SMILES string of the molecule is CNc1ncc(F)cc1C(=O)N(CC1CC1)C1CC1. The third-order valence-corrected chi connectivity index (χ3v) is 3.72. The number of rotatable bonds is 5. The number of nitrogens with zero attached hydrogens (tertiary/aromatic N) is 2. The predicted octanol–water partition coefficient (Wildman–Crippen LogP) is 2.28. The summed E-state index contributed by atoms with van der Waals surface area (Å²) in [6.07, 6.45) is 5.67. The molecule has 0 bridgehead atoms. The number of hydrogen-bond acceptors (Lipinski definition) is 3. The summed E-state index contributed by atoms with van der Waals surface area (Å²) in [5.74, 6) is 0.534. The van der Waals surface area contributed by atoms with Crippen molar-refractivity contribution in [3.8, 4) is 0 Å². The molecule has 1 aromatic heterocycles. The maximum Gasteiger partial charge on any atom is 0.257 e. The minimum Gasteiger partial charge on any atom is -0.372 e. The number of carbonyl (C=O) groups excluding carboxylic acids is 1. The van der Waals surface area contributed by atoms with Gasteiger partial charge in [-0.05, 0) is 37.7 Å². The van der Waals surface area contributed by atoms with E-state index in [2.05, 4.69) is 10.3 Å². The highest BCUT2D eigenvalue weighted by Crippen LogP contribution is 2.36. The molecule has 1 aromatic rings. The molecule has 0 atom stereocenters. The van der Waals surface area contributed by atoms with Crippen molar-refractivity contribution in [2.75, 3.05) is 18.9 Å². The Bertz CT molecular complexity index is 497. The fourth-order valence-corrected chi connectivity index (χ4v) is 2.32. The zero-order valence-electron chi connectivity index (χ0n) is 11.0. The number of carbonyl (C=O) groups is 1. The molecule has 1 heterocycles. The van der Waals surface area contributed by atoms with Crippen molar-refractivity contribution < 1.29 is 9.18 Å². The van der Waals surface area contributed by atoms with Gasteiger partial charge in [-0.2, -0.15) is 0 Å². The highest BCUT2D eigenvalue weighted by Gasteiger charge is 2.37. The monoisotopic (exact) mass is 263 g/mol. The van der Waals surface area contributed by atoms with Gasteiger partial charge >= 0.3 is 0 Å². The number of pyridine rings is 1. The lowest BCUT2D eigenvalue weighted by molar-refractivity contribution is 0.0735. The van der Waals surface area contributed by atoms with E-state index >= 15 is 0 Å². The van der Waals surface area contributed by atoms with Gasteiger partial charge in [-0.3, -0.25) is 4.79 Å². The van der Waals surface area contributed by atoms with Gasteiger partial charge in [-0.15, -0.1) is 0 Å². The molecular formula is C14H18FN3O. The molecule has 0 aliphatic heterocycles. The second kappa shape index (κ2) is 4.79. The molecule has 1 N–H and O–H groups in total. The molecule has 0 spiro atoms. The maximum absolute atomic E-state index is 13.3. The Labute approximate surface area is 112 Å². The first-order valence-electron chi connectivity index (χ1n) is 6.83. The van der Waals surface area contributed by atoms with Gasteiger partial charge < -0.3 is 10.2 Å². The third-order valence-electron chi connectivity index (χ3n) is 3.72. The van der Waals surface area contributed by atoms with E-state index < -0.39 is 5.82 Å². The first-order chi connectivity index (χ1) is 9.19. The molecule has 2 fully saturated rings. The van der Waals surface area contributed by atoms with Crippen molar-refractivity contribution in [2.24, 2.45) is 5.92 Å². The molecule has 1 amide bonds. The lowest BCUT2D eigenvalue weighted by Gasteiger charge is -2.23. The fourth-order valence-electron chi connectivity index (χ4n) is 2.32. The minimum absolute atomic E-state index is 0.0919. The first kappa shape index (κ1) is 12.4. The van der Waals surface area contributed by atoms with E-state index in [1.807, 2.05) is 4.90 Å². The van der Waals surface area contributed by atoms with Crippen LogP contribution in [0.3, 0.4) is 0 Å². The number of nitrogens with one attached hydrogen (secondary N) is 1. The molecule has 2 saturated carbocycles. The van der Waals surface area contributed by atoms with Crippen molar-refractivity contribution in [3.05, 3.63) is 23.6 Å². The van der Waals surface area contributed by atoms with Gasteiger partial charge in [0.15, 0.2) is 0 Å². The Morgan fingerprint density at radius 1 is 1.47 bits per heavy atom. The molecule has 0 aromatic carbocycles. The number of halogens is 1. The standard InChI is InChI=1S/C14H18FN3O/c1-16-13-12(6-10(15)7-17-13)14(19)18(11-4-5-11)8-9-2-3-9/h6-7,9,11H,2-5,8H2,1H3,(H,16,17). The van der Waals surface area contributed by atoms with E-state index in [0.29, 0.717) is 23.3 Å². The second-order valence-electron chi connectivity index (χ2n) is 5.43. The van der Waals surface area contributed by atoms with Crippen LogP contribution in [0.15, 0.2) is 12.3 Å². The zero-order valence-corrected chi connectivity index (χ0v) is 11.0. The van der Waals surface area contributed by atoms with Gasteiger partial charge in [-0.25, -0.2) is 9.37 Å². The highest BCUT2D eigenvalue weighted by atomic mass is 19.1. The minimum atomic E-state index is -0.468. The van der Waals surface area contributed by atoms with Crippen LogP contribution in [0.5, 0.6) is 0 Å². The molecule has 5 heteroatoms. The van der Waals surface area contributed by atoms with Crippen LogP contribution in [0.2, 0.25) is 0 Å². The van der Waals surface area contributed by atoms with E-state index in [1.165, 1.54) is 18.9 Å².